The molecule has 1 aromatic carbocycles. The summed E-state index contributed by atoms with van der Waals surface area (Å²) in [5.74, 6) is -2.31. The highest BCUT2D eigenvalue weighted by Crippen LogP contribution is 2.20. The van der Waals surface area contributed by atoms with E-state index >= 15 is 0 Å². The Hall–Kier alpha value is -3.09. The molecule has 0 saturated heterocycles. The summed E-state index contributed by atoms with van der Waals surface area (Å²) in [5, 5.41) is 4.84. The summed E-state index contributed by atoms with van der Waals surface area (Å²) in [4.78, 5) is 38.2. The quantitative estimate of drug-likeness (QED) is 0.593. The number of carbonyl (C=O) groups excluding carboxylic acids is 3. The van der Waals surface area contributed by atoms with Crippen LogP contribution < -0.4 is 10.6 Å². The first-order valence-corrected chi connectivity index (χ1v) is 6.46. The van der Waals surface area contributed by atoms with Gasteiger partial charge in [-0.25, -0.2) is 4.79 Å². The van der Waals surface area contributed by atoms with Gasteiger partial charge in [-0.2, -0.15) is 0 Å². The number of carbonyl (C=O) groups is 3. The maximum absolute atomic E-state index is 11.9. The van der Waals surface area contributed by atoms with Crippen LogP contribution in [0.15, 0.2) is 36.5 Å². The molecule has 0 bridgehead atoms. The van der Waals surface area contributed by atoms with Crippen molar-refractivity contribution < 1.29 is 19.1 Å². The van der Waals surface area contributed by atoms with Crippen LogP contribution in [0.2, 0.25) is 0 Å². The van der Waals surface area contributed by atoms with E-state index in [1.165, 1.54) is 13.3 Å². The third-order valence-corrected chi connectivity index (χ3v) is 2.95. The number of nitrogens with one attached hydrogen (secondary N) is 3. The topological polar surface area (TPSA) is 100 Å². The Morgan fingerprint density at radius 1 is 1.05 bits per heavy atom. The predicted octanol–water partition coefficient (Wildman–Crippen LogP) is 1.69. The van der Waals surface area contributed by atoms with Crippen molar-refractivity contribution in [3.8, 4) is 0 Å². The highest BCUT2D eigenvalue weighted by Gasteiger charge is 2.21. The number of rotatable bonds is 3. The zero-order valence-corrected chi connectivity index (χ0v) is 12.1. The van der Waals surface area contributed by atoms with E-state index in [0.29, 0.717) is 11.4 Å². The molecule has 0 aliphatic carbocycles. The normalized spacial score (nSPS) is 9.91. The van der Waals surface area contributed by atoms with Crippen molar-refractivity contribution in [3.05, 3.63) is 47.8 Å². The summed E-state index contributed by atoms with van der Waals surface area (Å²) in [5.41, 5.74) is 1.41. The number of aryl methyl sites for hydroxylation is 1. The number of hydrogen-bond acceptors (Lipinski definition) is 4. The zero-order chi connectivity index (χ0) is 16.1. The molecule has 2 amide bonds. The van der Waals surface area contributed by atoms with Crippen molar-refractivity contribution in [3.63, 3.8) is 0 Å². The molecular formula is C15H15N3O4. The summed E-state index contributed by atoms with van der Waals surface area (Å²) in [7, 11) is 1.24. The van der Waals surface area contributed by atoms with Gasteiger partial charge in [-0.05, 0) is 19.1 Å². The number of H-pyrrole nitrogens is 1. The van der Waals surface area contributed by atoms with Crippen molar-refractivity contribution in [2.75, 3.05) is 17.7 Å². The van der Waals surface area contributed by atoms with Crippen LogP contribution in [0.25, 0.3) is 0 Å². The van der Waals surface area contributed by atoms with E-state index in [-0.39, 0.29) is 11.3 Å². The second-order valence-electron chi connectivity index (χ2n) is 4.47. The molecule has 22 heavy (non-hydrogen) atoms. The fourth-order valence-electron chi connectivity index (χ4n) is 1.88. The lowest BCUT2D eigenvalue weighted by Gasteiger charge is -2.07. The Kier molecular flexibility index (Phi) is 4.57. The molecule has 2 aromatic rings. The molecule has 0 radical (unpaired) electrons. The molecule has 1 aromatic heterocycles. The number of aromatic amines is 1. The highest BCUT2D eigenvalue weighted by atomic mass is 16.5. The van der Waals surface area contributed by atoms with Crippen LogP contribution >= 0.6 is 0 Å². The molecule has 1 heterocycles. The van der Waals surface area contributed by atoms with Crippen molar-refractivity contribution in [2.24, 2.45) is 0 Å². The smallest absolute Gasteiger partial charge is 0.341 e. The van der Waals surface area contributed by atoms with E-state index in [1.807, 2.05) is 0 Å². The van der Waals surface area contributed by atoms with Crippen LogP contribution in [0.1, 0.15) is 16.1 Å². The maximum atomic E-state index is 11.9. The van der Waals surface area contributed by atoms with Crippen molar-refractivity contribution >= 4 is 29.2 Å². The highest BCUT2D eigenvalue weighted by molar-refractivity contribution is 6.44. The molecule has 0 aliphatic heterocycles. The Labute approximate surface area is 126 Å². The number of benzene rings is 1. The second kappa shape index (κ2) is 6.57. The fraction of sp³-hybridized carbons (Fsp3) is 0.133. The number of aromatic nitrogens is 1. The minimum absolute atomic E-state index is 0.184. The van der Waals surface area contributed by atoms with E-state index in [1.54, 1.807) is 37.3 Å². The number of ether oxygens (including phenoxy) is 1. The molecule has 114 valence electrons. The first-order chi connectivity index (χ1) is 10.5. The van der Waals surface area contributed by atoms with Gasteiger partial charge in [-0.1, -0.05) is 18.2 Å². The molecule has 0 unspecified atom stereocenters. The summed E-state index contributed by atoms with van der Waals surface area (Å²) in [6.45, 7) is 1.66. The Morgan fingerprint density at radius 3 is 2.32 bits per heavy atom. The van der Waals surface area contributed by atoms with E-state index in [2.05, 4.69) is 20.4 Å². The van der Waals surface area contributed by atoms with Gasteiger partial charge in [0, 0.05) is 17.6 Å². The standard InChI is InChI=1S/C15H15N3O4/c1-9-12(15(21)22-2)11(8-16-9)18-14(20)13(19)17-10-6-4-3-5-7-10/h3-8,16H,1-2H3,(H,17,19)(H,18,20). The van der Waals surface area contributed by atoms with E-state index < -0.39 is 17.8 Å². The average Bonchev–Trinajstić information content (AvgIpc) is 2.88. The summed E-state index contributed by atoms with van der Waals surface area (Å²) < 4.78 is 4.64. The minimum Gasteiger partial charge on any atom is -0.465 e. The molecule has 0 spiro atoms. The number of anilines is 2. The van der Waals surface area contributed by atoms with Crippen LogP contribution in [0.4, 0.5) is 11.4 Å². The molecule has 2 rings (SSSR count). The SMILES string of the molecule is COC(=O)c1c(NC(=O)C(=O)Nc2ccccc2)c[nH]c1C. The molecule has 7 heteroatoms. The number of hydrogen-bond donors (Lipinski definition) is 3. The van der Waals surface area contributed by atoms with E-state index in [4.69, 9.17) is 0 Å². The third kappa shape index (κ3) is 3.32. The largest absolute Gasteiger partial charge is 0.465 e. The number of esters is 1. The number of para-hydroxylation sites is 1. The molecule has 0 atom stereocenters. The van der Waals surface area contributed by atoms with Crippen LogP contribution in [-0.4, -0.2) is 29.9 Å². The molecule has 0 fully saturated rings. The first kappa shape index (κ1) is 15.3. The van der Waals surface area contributed by atoms with Gasteiger partial charge in [0.2, 0.25) is 0 Å². The summed E-state index contributed by atoms with van der Waals surface area (Å²) >= 11 is 0. The minimum atomic E-state index is -0.881. The lowest BCUT2D eigenvalue weighted by molar-refractivity contribution is -0.133. The van der Waals surface area contributed by atoms with Crippen LogP contribution in [0, 0.1) is 6.92 Å². The average molecular weight is 301 g/mol. The van der Waals surface area contributed by atoms with Crippen LogP contribution in [-0.2, 0) is 14.3 Å². The first-order valence-electron chi connectivity index (χ1n) is 6.46. The lowest BCUT2D eigenvalue weighted by Crippen LogP contribution is -2.29. The Balaban J connectivity index is 2.09. The Bertz CT molecular complexity index is 707. The van der Waals surface area contributed by atoms with Crippen LogP contribution in [0.5, 0.6) is 0 Å². The maximum Gasteiger partial charge on any atom is 0.341 e. The molecule has 0 saturated carbocycles. The molecular weight excluding hydrogens is 286 g/mol. The van der Waals surface area contributed by atoms with Crippen LogP contribution in [0.3, 0.4) is 0 Å². The van der Waals surface area contributed by atoms with Gasteiger partial charge in [0.15, 0.2) is 0 Å². The van der Waals surface area contributed by atoms with Gasteiger partial charge in [0.1, 0.15) is 5.56 Å². The third-order valence-electron chi connectivity index (χ3n) is 2.95. The van der Waals surface area contributed by atoms with Crippen molar-refractivity contribution in [2.45, 2.75) is 6.92 Å². The van der Waals surface area contributed by atoms with Crippen molar-refractivity contribution in [1.82, 2.24) is 4.98 Å². The van der Waals surface area contributed by atoms with Gasteiger partial charge in [0.05, 0.1) is 12.8 Å². The summed E-state index contributed by atoms with van der Waals surface area (Å²) in [6.07, 6.45) is 1.43. The van der Waals surface area contributed by atoms with Gasteiger partial charge < -0.3 is 20.4 Å². The van der Waals surface area contributed by atoms with Gasteiger partial charge in [0.25, 0.3) is 0 Å². The molecule has 3 N–H and O–H groups in total. The van der Waals surface area contributed by atoms with Gasteiger partial charge >= 0.3 is 17.8 Å². The monoisotopic (exact) mass is 301 g/mol. The Morgan fingerprint density at radius 2 is 1.68 bits per heavy atom. The zero-order valence-electron chi connectivity index (χ0n) is 12.1. The van der Waals surface area contributed by atoms with E-state index in [0.717, 1.165) is 0 Å². The molecule has 0 aliphatic rings. The van der Waals surface area contributed by atoms with Gasteiger partial charge in [-0.3, -0.25) is 9.59 Å². The van der Waals surface area contributed by atoms with E-state index in [9.17, 15) is 14.4 Å². The fourth-order valence-corrected chi connectivity index (χ4v) is 1.88. The lowest BCUT2D eigenvalue weighted by atomic mass is 10.2. The number of methoxy groups -OCH3 is 1. The van der Waals surface area contributed by atoms with Crippen molar-refractivity contribution in [1.29, 1.82) is 0 Å². The summed E-state index contributed by atoms with van der Waals surface area (Å²) in [6, 6.07) is 8.58. The molecule has 7 nitrogen and oxygen atoms in total. The number of amides is 2. The van der Waals surface area contributed by atoms with Gasteiger partial charge in [-0.15, -0.1) is 0 Å². The predicted molar refractivity (Wildman–Crippen MR) is 80.6 cm³/mol. The second-order valence-corrected chi connectivity index (χ2v) is 4.47.